The van der Waals surface area contributed by atoms with E-state index in [0.29, 0.717) is 18.1 Å². The molecule has 1 atom stereocenters. The number of aliphatic imine (C=N–C) groups is 1. The fourth-order valence-corrected chi connectivity index (χ4v) is 2.68. The van der Waals surface area contributed by atoms with Gasteiger partial charge in [-0.3, -0.25) is 9.59 Å². The molecule has 1 unspecified atom stereocenters. The van der Waals surface area contributed by atoms with Crippen molar-refractivity contribution >= 4 is 17.8 Å². The van der Waals surface area contributed by atoms with Crippen molar-refractivity contribution in [1.29, 1.82) is 0 Å². The van der Waals surface area contributed by atoms with E-state index in [4.69, 9.17) is 0 Å². The molecule has 0 spiro atoms. The Kier molecular flexibility index (Phi) is 8.41. The molecular weight excluding hydrogens is 378 g/mol. The Balaban J connectivity index is 2.11. The number of nitrogens with zero attached hydrogens (tertiary/aromatic N) is 3. The standard InChI is InChI=1S/C23H31N5O2/c1-17(19-9-7-6-8-10-19)26-23(25-16-21(29)27(2)3)24-15-18-11-13-20(14-12-18)22(30)28(4)5/h6-14,17H,15-16H2,1-5H3,(H2,24,25,26). The summed E-state index contributed by atoms with van der Waals surface area (Å²) in [5.74, 6) is 0.478. The van der Waals surface area contributed by atoms with Gasteiger partial charge in [0.1, 0.15) is 0 Å². The average molecular weight is 410 g/mol. The first-order chi connectivity index (χ1) is 14.3. The molecule has 0 heterocycles. The van der Waals surface area contributed by atoms with Crippen LogP contribution in [0.2, 0.25) is 0 Å². The number of carbonyl (C=O) groups is 2. The third-order valence-electron chi connectivity index (χ3n) is 4.59. The first-order valence-corrected chi connectivity index (χ1v) is 9.88. The van der Waals surface area contributed by atoms with Crippen molar-refractivity contribution in [2.45, 2.75) is 19.5 Å². The van der Waals surface area contributed by atoms with Gasteiger partial charge in [0.15, 0.2) is 5.96 Å². The second kappa shape index (κ2) is 11.0. The summed E-state index contributed by atoms with van der Waals surface area (Å²) in [6.07, 6.45) is 0. The zero-order valence-corrected chi connectivity index (χ0v) is 18.3. The Bertz CT molecular complexity index is 861. The number of amides is 2. The fourth-order valence-electron chi connectivity index (χ4n) is 2.68. The maximum atomic E-state index is 12.0. The van der Waals surface area contributed by atoms with Gasteiger partial charge >= 0.3 is 0 Å². The molecule has 2 amide bonds. The number of guanidine groups is 1. The smallest absolute Gasteiger partial charge is 0.253 e. The van der Waals surface area contributed by atoms with Crippen LogP contribution >= 0.6 is 0 Å². The van der Waals surface area contributed by atoms with E-state index in [1.165, 1.54) is 4.90 Å². The van der Waals surface area contributed by atoms with Crippen molar-refractivity contribution in [3.63, 3.8) is 0 Å². The van der Waals surface area contributed by atoms with E-state index in [9.17, 15) is 9.59 Å². The second-order valence-electron chi connectivity index (χ2n) is 7.48. The lowest BCUT2D eigenvalue weighted by atomic mass is 10.1. The van der Waals surface area contributed by atoms with Crippen LogP contribution < -0.4 is 10.6 Å². The van der Waals surface area contributed by atoms with Gasteiger partial charge in [0.25, 0.3) is 5.91 Å². The molecule has 2 rings (SSSR count). The molecule has 0 bridgehead atoms. The molecule has 0 saturated heterocycles. The van der Waals surface area contributed by atoms with Crippen molar-refractivity contribution in [2.24, 2.45) is 4.99 Å². The van der Waals surface area contributed by atoms with Crippen molar-refractivity contribution in [1.82, 2.24) is 20.4 Å². The molecule has 30 heavy (non-hydrogen) atoms. The predicted octanol–water partition coefficient (Wildman–Crippen LogP) is 2.27. The van der Waals surface area contributed by atoms with Crippen LogP contribution in [0.4, 0.5) is 0 Å². The van der Waals surface area contributed by atoms with E-state index in [-0.39, 0.29) is 24.4 Å². The predicted molar refractivity (Wildman–Crippen MR) is 120 cm³/mol. The third-order valence-corrected chi connectivity index (χ3v) is 4.59. The molecule has 0 aliphatic heterocycles. The molecule has 7 nitrogen and oxygen atoms in total. The summed E-state index contributed by atoms with van der Waals surface area (Å²) >= 11 is 0. The van der Waals surface area contributed by atoms with Gasteiger partial charge in [-0.15, -0.1) is 0 Å². The number of nitrogens with one attached hydrogen (secondary N) is 2. The van der Waals surface area contributed by atoms with Gasteiger partial charge in [-0.25, -0.2) is 4.99 Å². The average Bonchev–Trinajstić information content (AvgIpc) is 2.75. The van der Waals surface area contributed by atoms with Crippen molar-refractivity contribution < 1.29 is 9.59 Å². The first-order valence-electron chi connectivity index (χ1n) is 9.88. The lowest BCUT2D eigenvalue weighted by Gasteiger charge is -2.19. The molecule has 0 fully saturated rings. The number of likely N-dealkylation sites (N-methyl/N-ethyl adjacent to an activating group) is 1. The Morgan fingerprint density at radius 1 is 0.933 bits per heavy atom. The molecule has 0 aromatic heterocycles. The highest BCUT2D eigenvalue weighted by molar-refractivity contribution is 5.93. The molecule has 0 radical (unpaired) electrons. The van der Waals surface area contributed by atoms with Gasteiger partial charge in [0, 0.05) is 33.8 Å². The molecule has 0 aliphatic carbocycles. The van der Waals surface area contributed by atoms with Crippen LogP contribution in [0.1, 0.15) is 34.5 Å². The van der Waals surface area contributed by atoms with E-state index in [0.717, 1.165) is 11.1 Å². The largest absolute Gasteiger partial charge is 0.350 e. The van der Waals surface area contributed by atoms with Crippen LogP contribution in [-0.2, 0) is 11.3 Å². The van der Waals surface area contributed by atoms with Crippen LogP contribution in [0.25, 0.3) is 0 Å². The zero-order chi connectivity index (χ0) is 22.1. The Hall–Kier alpha value is -3.35. The Labute approximate surface area is 178 Å². The van der Waals surface area contributed by atoms with Crippen LogP contribution in [0.3, 0.4) is 0 Å². The fraction of sp³-hybridized carbons (Fsp3) is 0.348. The number of benzene rings is 2. The normalized spacial score (nSPS) is 12.1. The van der Waals surface area contributed by atoms with E-state index in [1.54, 1.807) is 45.2 Å². The van der Waals surface area contributed by atoms with Crippen LogP contribution in [0, 0.1) is 0 Å². The number of rotatable bonds is 7. The summed E-state index contributed by atoms with van der Waals surface area (Å²) in [5, 5.41) is 6.45. The topological polar surface area (TPSA) is 77.0 Å². The van der Waals surface area contributed by atoms with E-state index < -0.39 is 0 Å². The summed E-state index contributed by atoms with van der Waals surface area (Å²) in [6.45, 7) is 2.61. The minimum Gasteiger partial charge on any atom is -0.350 e. The molecule has 7 heteroatoms. The van der Waals surface area contributed by atoms with Crippen molar-refractivity contribution in [2.75, 3.05) is 34.7 Å². The van der Waals surface area contributed by atoms with Gasteiger partial charge < -0.3 is 20.4 Å². The van der Waals surface area contributed by atoms with Crippen molar-refractivity contribution in [3.05, 3.63) is 71.3 Å². The van der Waals surface area contributed by atoms with Crippen LogP contribution in [0.15, 0.2) is 59.6 Å². The summed E-state index contributed by atoms with van der Waals surface area (Å²) in [6, 6.07) is 17.4. The van der Waals surface area contributed by atoms with Gasteiger partial charge in [0.2, 0.25) is 5.91 Å². The Morgan fingerprint density at radius 3 is 2.13 bits per heavy atom. The summed E-state index contributed by atoms with van der Waals surface area (Å²) < 4.78 is 0. The summed E-state index contributed by atoms with van der Waals surface area (Å²) in [7, 11) is 6.90. The Morgan fingerprint density at radius 2 is 1.57 bits per heavy atom. The molecule has 0 aliphatic rings. The van der Waals surface area contributed by atoms with Gasteiger partial charge in [-0.2, -0.15) is 0 Å². The molecule has 2 N–H and O–H groups in total. The van der Waals surface area contributed by atoms with Gasteiger partial charge in [0.05, 0.1) is 19.1 Å². The molecular formula is C23H31N5O2. The highest BCUT2D eigenvalue weighted by Gasteiger charge is 2.11. The maximum absolute atomic E-state index is 12.0. The van der Waals surface area contributed by atoms with E-state index in [1.807, 2.05) is 49.4 Å². The molecule has 0 saturated carbocycles. The lowest BCUT2D eigenvalue weighted by Crippen LogP contribution is -2.43. The van der Waals surface area contributed by atoms with Gasteiger partial charge in [-0.05, 0) is 30.2 Å². The zero-order valence-electron chi connectivity index (χ0n) is 18.3. The maximum Gasteiger partial charge on any atom is 0.253 e. The van der Waals surface area contributed by atoms with E-state index in [2.05, 4.69) is 15.6 Å². The van der Waals surface area contributed by atoms with Crippen molar-refractivity contribution in [3.8, 4) is 0 Å². The number of hydrogen-bond acceptors (Lipinski definition) is 3. The molecule has 160 valence electrons. The van der Waals surface area contributed by atoms with Crippen LogP contribution in [0.5, 0.6) is 0 Å². The third kappa shape index (κ3) is 6.92. The van der Waals surface area contributed by atoms with Gasteiger partial charge in [-0.1, -0.05) is 42.5 Å². The molecule has 2 aromatic rings. The van der Waals surface area contributed by atoms with E-state index >= 15 is 0 Å². The highest BCUT2D eigenvalue weighted by atomic mass is 16.2. The summed E-state index contributed by atoms with van der Waals surface area (Å²) in [5.41, 5.74) is 2.73. The first kappa shape index (κ1) is 22.9. The minimum atomic E-state index is -0.0385. The monoisotopic (exact) mass is 409 g/mol. The number of carbonyl (C=O) groups excluding carboxylic acids is 2. The summed E-state index contributed by atoms with van der Waals surface area (Å²) in [4.78, 5) is 31.7. The highest BCUT2D eigenvalue weighted by Crippen LogP contribution is 2.11. The number of hydrogen-bond donors (Lipinski definition) is 2. The lowest BCUT2D eigenvalue weighted by molar-refractivity contribution is -0.127. The second-order valence-corrected chi connectivity index (χ2v) is 7.48. The quantitative estimate of drug-likeness (QED) is 0.543. The molecule has 2 aromatic carbocycles. The SMILES string of the molecule is CC(NC(=NCc1ccc(C(=O)N(C)C)cc1)NCC(=O)N(C)C)c1ccccc1. The van der Waals surface area contributed by atoms with Crippen LogP contribution in [-0.4, -0.2) is 62.3 Å². The minimum absolute atomic E-state index is 0.0204.